The number of nitrogens with zero attached hydrogens (tertiary/aromatic N) is 5. The maximum atomic E-state index is 11.9. The van der Waals surface area contributed by atoms with Gasteiger partial charge in [-0.2, -0.15) is 0 Å². The number of nitrogens with one attached hydrogen (secondary N) is 1. The fourth-order valence-corrected chi connectivity index (χ4v) is 5.98. The van der Waals surface area contributed by atoms with Gasteiger partial charge < -0.3 is 15.0 Å². The third-order valence-electron chi connectivity index (χ3n) is 8.74. The first kappa shape index (κ1) is 24.1. The van der Waals surface area contributed by atoms with E-state index in [1.54, 1.807) is 0 Å². The Balaban J connectivity index is 1.46. The molecule has 37 heavy (non-hydrogen) atoms. The van der Waals surface area contributed by atoms with Crippen molar-refractivity contribution in [3.05, 3.63) is 42.4 Å². The number of anilines is 1. The molecule has 0 spiro atoms. The number of carbonyl (C=O) groups is 1. The van der Waals surface area contributed by atoms with Crippen molar-refractivity contribution >= 4 is 23.0 Å². The van der Waals surface area contributed by atoms with Crippen LogP contribution in [-0.2, 0) is 6.54 Å². The minimum atomic E-state index is -1.14. The number of hydrogen-bond donors (Lipinski definition) is 2. The van der Waals surface area contributed by atoms with Crippen LogP contribution in [0.15, 0.2) is 31.0 Å². The van der Waals surface area contributed by atoms with Crippen LogP contribution in [0.3, 0.4) is 0 Å². The van der Waals surface area contributed by atoms with Crippen molar-refractivity contribution in [2.45, 2.75) is 83.2 Å². The van der Waals surface area contributed by atoms with E-state index in [-0.39, 0.29) is 11.9 Å². The lowest BCUT2D eigenvalue weighted by Gasteiger charge is -2.32. The number of pyridine rings is 1. The molecule has 3 fully saturated rings. The average molecular weight is 501 g/mol. The number of fused-ring (bicyclic) bond motifs is 1. The van der Waals surface area contributed by atoms with E-state index in [2.05, 4.69) is 51.6 Å². The fraction of sp³-hybridized carbons (Fsp3) is 0.552. The minimum absolute atomic E-state index is 0.194. The smallest absolute Gasteiger partial charge is 0.374 e. The fourth-order valence-electron chi connectivity index (χ4n) is 5.98. The number of aromatic nitrogens is 5. The Kier molecular flexibility index (Phi) is 6.42. The lowest BCUT2D eigenvalue weighted by molar-refractivity contribution is 0.0684. The Hall–Kier alpha value is -3.29. The van der Waals surface area contributed by atoms with Gasteiger partial charge in [-0.1, -0.05) is 12.5 Å². The van der Waals surface area contributed by atoms with Crippen molar-refractivity contribution in [2.75, 3.05) is 5.32 Å². The molecule has 0 aromatic carbocycles. The molecule has 0 unspecified atom stereocenters. The summed E-state index contributed by atoms with van der Waals surface area (Å²) < 4.78 is 2.22. The maximum Gasteiger partial charge on any atom is 0.374 e. The average Bonchev–Trinajstić information content (AvgIpc) is 3.65. The molecule has 3 aliphatic rings. The second kappa shape index (κ2) is 9.88. The minimum Gasteiger partial charge on any atom is -0.475 e. The van der Waals surface area contributed by atoms with Crippen molar-refractivity contribution < 1.29 is 9.90 Å². The third-order valence-corrected chi connectivity index (χ3v) is 8.74. The van der Waals surface area contributed by atoms with Crippen LogP contribution in [0.25, 0.3) is 22.7 Å². The molecular weight excluding hydrogens is 464 g/mol. The van der Waals surface area contributed by atoms with Gasteiger partial charge in [0.2, 0.25) is 5.82 Å². The van der Waals surface area contributed by atoms with Gasteiger partial charge in [0.25, 0.3) is 0 Å². The zero-order valence-electron chi connectivity index (χ0n) is 21.6. The largest absolute Gasteiger partial charge is 0.475 e. The zero-order valence-corrected chi connectivity index (χ0v) is 21.6. The summed E-state index contributed by atoms with van der Waals surface area (Å²) in [6.45, 7) is 6.95. The highest BCUT2D eigenvalue weighted by Crippen LogP contribution is 2.41. The quantitative estimate of drug-likeness (QED) is 0.344. The molecule has 0 radical (unpaired) electrons. The second-order valence-electron chi connectivity index (χ2n) is 11.3. The number of allylic oxidation sites excluding steroid dienone is 1. The Labute approximate surface area is 217 Å². The number of rotatable bonds is 9. The van der Waals surface area contributed by atoms with Gasteiger partial charge in [-0.25, -0.2) is 19.7 Å². The van der Waals surface area contributed by atoms with Crippen molar-refractivity contribution in [1.82, 2.24) is 24.5 Å². The van der Waals surface area contributed by atoms with Crippen molar-refractivity contribution in [3.8, 4) is 11.5 Å². The summed E-state index contributed by atoms with van der Waals surface area (Å²) in [6, 6.07) is 4.44. The molecule has 1 atom stereocenters. The van der Waals surface area contributed by atoms with Crippen LogP contribution in [0.5, 0.6) is 0 Å². The molecular formula is C29H36N6O2. The third kappa shape index (κ3) is 4.86. The van der Waals surface area contributed by atoms with E-state index in [4.69, 9.17) is 9.97 Å². The SMILES string of the molecule is C=C[C@H]1CC[C@H](Cn2c(-c3cc(C4CC4)ccn3)nc3nc(C(=O)O)nc(N[C@H](C)C4CCC4)c32)CC1. The normalized spacial score (nSPS) is 22.9. The first-order chi connectivity index (χ1) is 18.0. The summed E-state index contributed by atoms with van der Waals surface area (Å²) in [5.41, 5.74) is 3.32. The molecule has 6 rings (SSSR count). The molecule has 3 aromatic heterocycles. The summed E-state index contributed by atoms with van der Waals surface area (Å²) in [5, 5.41) is 13.3. The Bertz CT molecular complexity index is 1320. The molecule has 2 N–H and O–H groups in total. The number of aromatic carboxylic acids is 1. The maximum absolute atomic E-state index is 11.9. The van der Waals surface area contributed by atoms with E-state index in [0.29, 0.717) is 35.1 Å². The first-order valence-corrected chi connectivity index (χ1v) is 13.9. The van der Waals surface area contributed by atoms with Gasteiger partial charge >= 0.3 is 5.97 Å². The first-order valence-electron chi connectivity index (χ1n) is 13.9. The van der Waals surface area contributed by atoms with Crippen LogP contribution in [0.2, 0.25) is 0 Å². The van der Waals surface area contributed by atoms with E-state index in [9.17, 15) is 9.90 Å². The van der Waals surface area contributed by atoms with Gasteiger partial charge in [0.15, 0.2) is 17.3 Å². The molecule has 3 aromatic rings. The standard InChI is InChI=1S/C29H36N6O2/c1-3-18-7-9-19(10-8-18)16-35-24-25(31-17(2)20-5-4-6-20)32-27(29(36)37)33-26(24)34-28(35)23-15-22(13-14-30-23)21-11-12-21/h3,13-15,17-21H,1,4-12,16H2,2H3,(H,36,37)(H,31,32,33)/t17-,18-,19-/m1/s1. The predicted octanol–water partition coefficient (Wildman–Crippen LogP) is 6.06. The number of imidazole rings is 1. The second-order valence-corrected chi connectivity index (χ2v) is 11.3. The molecule has 8 nitrogen and oxygen atoms in total. The van der Waals surface area contributed by atoms with Gasteiger partial charge in [0.05, 0.1) is 0 Å². The number of carboxylic acid groups (broad SMARTS) is 1. The summed E-state index contributed by atoms with van der Waals surface area (Å²) in [5.74, 6) is 2.21. The summed E-state index contributed by atoms with van der Waals surface area (Å²) in [7, 11) is 0. The molecule has 0 saturated heterocycles. The summed E-state index contributed by atoms with van der Waals surface area (Å²) >= 11 is 0. The predicted molar refractivity (Wildman–Crippen MR) is 144 cm³/mol. The van der Waals surface area contributed by atoms with E-state index in [1.807, 2.05) is 6.20 Å². The topological polar surface area (TPSA) is 106 Å². The Morgan fingerprint density at radius 3 is 2.59 bits per heavy atom. The van der Waals surface area contributed by atoms with Crippen molar-refractivity contribution in [1.29, 1.82) is 0 Å². The van der Waals surface area contributed by atoms with Gasteiger partial charge in [0, 0.05) is 18.8 Å². The van der Waals surface area contributed by atoms with E-state index < -0.39 is 5.97 Å². The molecule has 8 heteroatoms. The van der Waals surface area contributed by atoms with Gasteiger partial charge in [0.1, 0.15) is 11.2 Å². The zero-order chi connectivity index (χ0) is 25.5. The van der Waals surface area contributed by atoms with Gasteiger partial charge in [-0.15, -0.1) is 6.58 Å². The van der Waals surface area contributed by atoms with Crippen LogP contribution < -0.4 is 5.32 Å². The van der Waals surface area contributed by atoms with Crippen LogP contribution in [0, 0.1) is 17.8 Å². The molecule has 3 saturated carbocycles. The Morgan fingerprint density at radius 1 is 1.16 bits per heavy atom. The molecule has 3 aliphatic carbocycles. The van der Waals surface area contributed by atoms with Gasteiger partial charge in [-0.3, -0.25) is 4.98 Å². The van der Waals surface area contributed by atoms with Crippen molar-refractivity contribution in [2.24, 2.45) is 17.8 Å². The summed E-state index contributed by atoms with van der Waals surface area (Å²) in [4.78, 5) is 30.5. The highest BCUT2D eigenvalue weighted by atomic mass is 16.4. The number of hydrogen-bond acceptors (Lipinski definition) is 6. The summed E-state index contributed by atoms with van der Waals surface area (Å²) in [6.07, 6.45) is 14.5. The number of carboxylic acids is 1. The lowest BCUT2D eigenvalue weighted by Crippen LogP contribution is -2.31. The highest BCUT2D eigenvalue weighted by molar-refractivity contribution is 5.92. The highest BCUT2D eigenvalue weighted by Gasteiger charge is 2.30. The monoisotopic (exact) mass is 500 g/mol. The van der Waals surface area contributed by atoms with E-state index in [0.717, 1.165) is 49.3 Å². The molecule has 0 bridgehead atoms. The van der Waals surface area contributed by atoms with Crippen LogP contribution in [0.4, 0.5) is 5.82 Å². The van der Waals surface area contributed by atoms with Crippen LogP contribution in [-0.4, -0.2) is 41.6 Å². The molecule has 194 valence electrons. The molecule has 0 aliphatic heterocycles. The lowest BCUT2D eigenvalue weighted by atomic mass is 9.80. The molecule has 0 amide bonds. The van der Waals surface area contributed by atoms with Crippen molar-refractivity contribution in [3.63, 3.8) is 0 Å². The van der Waals surface area contributed by atoms with Crippen LogP contribution in [0.1, 0.15) is 86.8 Å². The van der Waals surface area contributed by atoms with E-state index in [1.165, 1.54) is 37.7 Å². The Morgan fingerprint density at radius 2 is 1.95 bits per heavy atom. The molecule has 3 heterocycles. The van der Waals surface area contributed by atoms with E-state index >= 15 is 0 Å². The van der Waals surface area contributed by atoms with Crippen LogP contribution >= 0.6 is 0 Å². The van der Waals surface area contributed by atoms with Gasteiger partial charge in [-0.05, 0) is 99.7 Å².